The number of ether oxygens (including phenoxy) is 1. The van der Waals surface area contributed by atoms with Crippen LogP contribution in [0.1, 0.15) is 22.3 Å². The fraction of sp³-hybridized carbons (Fsp3) is 0.235. The van der Waals surface area contributed by atoms with Crippen molar-refractivity contribution in [3.05, 3.63) is 58.7 Å². The molecular formula is C17H18O3. The lowest BCUT2D eigenvalue weighted by atomic mass is 10.0. The number of carboxylic acid groups (broad SMARTS) is 1. The predicted molar refractivity (Wildman–Crippen MR) is 78.5 cm³/mol. The second-order valence-electron chi connectivity index (χ2n) is 5.05. The van der Waals surface area contributed by atoms with Gasteiger partial charge < -0.3 is 9.84 Å². The molecular weight excluding hydrogens is 252 g/mol. The third-order valence-corrected chi connectivity index (χ3v) is 3.08. The molecule has 0 heterocycles. The molecule has 3 nitrogen and oxygen atoms in total. The highest BCUT2D eigenvalue weighted by molar-refractivity contribution is 5.70. The number of hydrogen-bond acceptors (Lipinski definition) is 2. The zero-order valence-corrected chi connectivity index (χ0v) is 11.9. The van der Waals surface area contributed by atoms with Crippen molar-refractivity contribution >= 4 is 5.97 Å². The van der Waals surface area contributed by atoms with E-state index in [1.165, 1.54) is 0 Å². The van der Waals surface area contributed by atoms with Gasteiger partial charge in [0.25, 0.3) is 0 Å². The second kappa shape index (κ2) is 5.78. The summed E-state index contributed by atoms with van der Waals surface area (Å²) >= 11 is 0. The van der Waals surface area contributed by atoms with Crippen molar-refractivity contribution in [1.82, 2.24) is 0 Å². The number of benzene rings is 2. The summed E-state index contributed by atoms with van der Waals surface area (Å²) < 4.78 is 5.93. The van der Waals surface area contributed by atoms with Crippen LogP contribution in [0.25, 0.3) is 0 Å². The van der Waals surface area contributed by atoms with E-state index < -0.39 is 5.97 Å². The molecule has 0 aliphatic heterocycles. The van der Waals surface area contributed by atoms with Crippen LogP contribution in [-0.2, 0) is 11.2 Å². The lowest BCUT2D eigenvalue weighted by Crippen LogP contribution is -2.02. The van der Waals surface area contributed by atoms with Gasteiger partial charge in [-0.3, -0.25) is 4.79 Å². The van der Waals surface area contributed by atoms with Gasteiger partial charge in [-0.15, -0.1) is 0 Å². The Morgan fingerprint density at radius 2 is 1.75 bits per heavy atom. The van der Waals surface area contributed by atoms with E-state index in [-0.39, 0.29) is 6.42 Å². The Hall–Kier alpha value is -2.29. The summed E-state index contributed by atoms with van der Waals surface area (Å²) in [4.78, 5) is 10.8. The highest BCUT2D eigenvalue weighted by Gasteiger charge is 2.09. The molecule has 1 N–H and O–H groups in total. The minimum absolute atomic E-state index is 0.0341. The molecule has 104 valence electrons. The summed E-state index contributed by atoms with van der Waals surface area (Å²) in [5.74, 6) is 0.767. The van der Waals surface area contributed by atoms with E-state index in [0.717, 1.165) is 33.8 Å². The van der Waals surface area contributed by atoms with E-state index in [1.54, 1.807) is 0 Å². The molecule has 20 heavy (non-hydrogen) atoms. The number of carbonyl (C=O) groups is 1. The predicted octanol–water partition coefficient (Wildman–Crippen LogP) is 4.03. The van der Waals surface area contributed by atoms with Crippen molar-refractivity contribution in [3.8, 4) is 11.5 Å². The van der Waals surface area contributed by atoms with Gasteiger partial charge >= 0.3 is 5.97 Å². The average molecular weight is 270 g/mol. The standard InChI is InChI=1S/C17H18O3/c1-11-5-4-6-15(7-11)20-17-12(2)8-14(9-13(17)3)10-16(18)19/h4-9H,10H2,1-3H3,(H,18,19). The zero-order valence-electron chi connectivity index (χ0n) is 11.9. The van der Waals surface area contributed by atoms with Crippen LogP contribution in [0, 0.1) is 20.8 Å². The van der Waals surface area contributed by atoms with E-state index in [2.05, 4.69) is 0 Å². The van der Waals surface area contributed by atoms with Gasteiger partial charge in [0.15, 0.2) is 0 Å². The first-order valence-electron chi connectivity index (χ1n) is 6.52. The smallest absolute Gasteiger partial charge is 0.307 e. The molecule has 0 aliphatic carbocycles. The van der Waals surface area contributed by atoms with Gasteiger partial charge in [-0.1, -0.05) is 24.3 Å². The lowest BCUT2D eigenvalue weighted by molar-refractivity contribution is -0.136. The molecule has 0 radical (unpaired) electrons. The van der Waals surface area contributed by atoms with Gasteiger partial charge in [-0.2, -0.15) is 0 Å². The summed E-state index contributed by atoms with van der Waals surface area (Å²) in [7, 11) is 0. The van der Waals surface area contributed by atoms with Crippen molar-refractivity contribution in [2.75, 3.05) is 0 Å². The average Bonchev–Trinajstić information content (AvgIpc) is 2.33. The van der Waals surface area contributed by atoms with E-state index in [9.17, 15) is 4.79 Å². The number of hydrogen-bond donors (Lipinski definition) is 1. The zero-order chi connectivity index (χ0) is 14.7. The Morgan fingerprint density at radius 1 is 1.10 bits per heavy atom. The van der Waals surface area contributed by atoms with E-state index in [1.807, 2.05) is 57.2 Å². The maximum Gasteiger partial charge on any atom is 0.307 e. The van der Waals surface area contributed by atoms with E-state index >= 15 is 0 Å². The van der Waals surface area contributed by atoms with Gasteiger partial charge in [0.05, 0.1) is 6.42 Å². The van der Waals surface area contributed by atoms with Crippen molar-refractivity contribution in [1.29, 1.82) is 0 Å². The van der Waals surface area contributed by atoms with Gasteiger partial charge in [-0.05, 0) is 55.2 Å². The summed E-state index contributed by atoms with van der Waals surface area (Å²) in [6.07, 6.45) is 0.0341. The van der Waals surface area contributed by atoms with Crippen LogP contribution >= 0.6 is 0 Å². The first kappa shape index (κ1) is 14.1. The molecule has 0 unspecified atom stereocenters. The van der Waals surface area contributed by atoms with Crippen LogP contribution in [0.2, 0.25) is 0 Å². The summed E-state index contributed by atoms with van der Waals surface area (Å²) in [6, 6.07) is 11.6. The first-order valence-corrected chi connectivity index (χ1v) is 6.52. The Balaban J connectivity index is 2.31. The topological polar surface area (TPSA) is 46.5 Å². The Bertz CT molecular complexity index is 621. The number of aliphatic carboxylic acids is 1. The molecule has 2 aromatic carbocycles. The maximum atomic E-state index is 10.8. The SMILES string of the molecule is Cc1cccc(Oc2c(C)cc(CC(=O)O)cc2C)c1. The van der Waals surface area contributed by atoms with E-state index in [4.69, 9.17) is 9.84 Å². The molecule has 0 saturated heterocycles. The quantitative estimate of drug-likeness (QED) is 0.912. The monoisotopic (exact) mass is 270 g/mol. The van der Waals surface area contributed by atoms with Crippen molar-refractivity contribution in [3.63, 3.8) is 0 Å². The van der Waals surface area contributed by atoms with Crippen LogP contribution < -0.4 is 4.74 Å². The Labute approximate surface area is 118 Å². The molecule has 0 amide bonds. The molecule has 0 atom stereocenters. The molecule has 3 heteroatoms. The molecule has 0 aliphatic rings. The summed E-state index contributed by atoms with van der Waals surface area (Å²) in [6.45, 7) is 5.88. The highest BCUT2D eigenvalue weighted by atomic mass is 16.5. The van der Waals surface area contributed by atoms with Gasteiger partial charge in [0.1, 0.15) is 11.5 Å². The number of aryl methyl sites for hydroxylation is 3. The van der Waals surface area contributed by atoms with Crippen LogP contribution in [0.3, 0.4) is 0 Å². The minimum atomic E-state index is -0.823. The van der Waals surface area contributed by atoms with Gasteiger partial charge in [0, 0.05) is 0 Å². The van der Waals surface area contributed by atoms with Crippen LogP contribution in [-0.4, -0.2) is 11.1 Å². The molecule has 0 saturated carbocycles. The first-order chi connectivity index (χ1) is 9.45. The second-order valence-corrected chi connectivity index (χ2v) is 5.05. The highest BCUT2D eigenvalue weighted by Crippen LogP contribution is 2.30. The van der Waals surface area contributed by atoms with Crippen molar-refractivity contribution in [2.24, 2.45) is 0 Å². The van der Waals surface area contributed by atoms with Gasteiger partial charge in [0.2, 0.25) is 0 Å². The molecule has 0 aromatic heterocycles. The number of rotatable bonds is 4. The molecule has 0 fully saturated rings. The van der Waals surface area contributed by atoms with Gasteiger partial charge in [-0.25, -0.2) is 0 Å². The normalized spacial score (nSPS) is 10.3. The molecule has 2 aromatic rings. The molecule has 0 bridgehead atoms. The lowest BCUT2D eigenvalue weighted by Gasteiger charge is -2.13. The van der Waals surface area contributed by atoms with Crippen LogP contribution in [0.4, 0.5) is 0 Å². The Morgan fingerprint density at radius 3 is 2.30 bits per heavy atom. The summed E-state index contributed by atoms with van der Waals surface area (Å²) in [5, 5.41) is 8.85. The van der Waals surface area contributed by atoms with E-state index in [0.29, 0.717) is 0 Å². The van der Waals surface area contributed by atoms with Crippen molar-refractivity contribution < 1.29 is 14.6 Å². The van der Waals surface area contributed by atoms with Crippen LogP contribution in [0.15, 0.2) is 36.4 Å². The third kappa shape index (κ3) is 3.38. The maximum absolute atomic E-state index is 10.8. The van der Waals surface area contributed by atoms with Crippen molar-refractivity contribution in [2.45, 2.75) is 27.2 Å². The molecule has 2 rings (SSSR count). The summed E-state index contributed by atoms with van der Waals surface area (Å²) in [5.41, 5.74) is 3.83. The largest absolute Gasteiger partial charge is 0.481 e. The minimum Gasteiger partial charge on any atom is -0.481 e. The number of carboxylic acids is 1. The third-order valence-electron chi connectivity index (χ3n) is 3.08. The fourth-order valence-electron chi connectivity index (χ4n) is 2.27. The molecule has 0 spiro atoms. The van der Waals surface area contributed by atoms with Crippen LogP contribution in [0.5, 0.6) is 11.5 Å². The Kier molecular flexibility index (Phi) is 4.08. The fourth-order valence-corrected chi connectivity index (χ4v) is 2.27.